The number of anilines is 1. The molecule has 0 spiro atoms. The molecule has 2 heterocycles. The Morgan fingerprint density at radius 3 is 2.62 bits per heavy atom. The number of fused-ring (bicyclic) bond motifs is 2. The van der Waals surface area contributed by atoms with E-state index in [2.05, 4.69) is 11.4 Å². The molecule has 166 valence electrons. The summed E-state index contributed by atoms with van der Waals surface area (Å²) in [5.41, 5.74) is 3.99. The Morgan fingerprint density at radius 1 is 1.03 bits per heavy atom. The molecule has 4 amide bonds. The predicted octanol–water partition coefficient (Wildman–Crippen LogP) is 2.93. The number of hydrogen-bond acceptors (Lipinski definition) is 4. The molecule has 7 nitrogen and oxygen atoms in total. The predicted molar refractivity (Wildman–Crippen MR) is 120 cm³/mol. The topological polar surface area (TPSA) is 79.0 Å². The van der Waals surface area contributed by atoms with Crippen LogP contribution >= 0.6 is 0 Å². The van der Waals surface area contributed by atoms with Crippen molar-refractivity contribution in [3.8, 4) is 5.75 Å². The number of methoxy groups -OCH3 is 1. The van der Waals surface area contributed by atoms with Crippen molar-refractivity contribution in [1.82, 2.24) is 10.2 Å². The minimum Gasteiger partial charge on any atom is -0.497 e. The highest BCUT2D eigenvalue weighted by Gasteiger charge is 2.50. The van der Waals surface area contributed by atoms with E-state index in [1.54, 1.807) is 18.9 Å². The van der Waals surface area contributed by atoms with Crippen molar-refractivity contribution < 1.29 is 19.1 Å². The van der Waals surface area contributed by atoms with Gasteiger partial charge < -0.3 is 15.0 Å². The van der Waals surface area contributed by atoms with E-state index >= 15 is 0 Å². The molecule has 1 aliphatic carbocycles. The van der Waals surface area contributed by atoms with Gasteiger partial charge in [-0.1, -0.05) is 18.2 Å². The van der Waals surface area contributed by atoms with E-state index in [9.17, 15) is 14.4 Å². The number of nitrogens with zero attached hydrogens (tertiary/aromatic N) is 2. The first kappa shape index (κ1) is 20.5. The monoisotopic (exact) mass is 433 g/mol. The van der Waals surface area contributed by atoms with Gasteiger partial charge in [-0.15, -0.1) is 0 Å². The van der Waals surface area contributed by atoms with Gasteiger partial charge in [0, 0.05) is 12.2 Å². The van der Waals surface area contributed by atoms with Gasteiger partial charge >= 0.3 is 6.03 Å². The summed E-state index contributed by atoms with van der Waals surface area (Å²) in [4.78, 5) is 42.0. The number of nitrogens with one attached hydrogen (secondary N) is 1. The zero-order chi connectivity index (χ0) is 22.5. The largest absolute Gasteiger partial charge is 0.497 e. The summed E-state index contributed by atoms with van der Waals surface area (Å²) in [5, 5.41) is 2.83. The molecule has 1 unspecified atom stereocenters. The summed E-state index contributed by atoms with van der Waals surface area (Å²) in [5.74, 6) is 0.0934. The molecular weight excluding hydrogens is 406 g/mol. The van der Waals surface area contributed by atoms with Gasteiger partial charge in [0.1, 0.15) is 17.8 Å². The lowest BCUT2D eigenvalue weighted by Crippen LogP contribution is -2.46. The fourth-order valence-corrected chi connectivity index (χ4v) is 5.10. The Balaban J connectivity index is 1.37. The lowest BCUT2D eigenvalue weighted by Gasteiger charge is -2.31. The first-order valence-corrected chi connectivity index (χ1v) is 11.1. The minimum atomic E-state index is -1.16. The summed E-state index contributed by atoms with van der Waals surface area (Å²) in [7, 11) is 1.61. The molecule has 5 rings (SSSR count). The summed E-state index contributed by atoms with van der Waals surface area (Å²) in [6.07, 6.45) is 4.83. The van der Waals surface area contributed by atoms with E-state index in [0.29, 0.717) is 6.54 Å². The van der Waals surface area contributed by atoms with Crippen LogP contribution in [0.4, 0.5) is 10.5 Å². The summed E-state index contributed by atoms with van der Waals surface area (Å²) < 4.78 is 5.30. The summed E-state index contributed by atoms with van der Waals surface area (Å²) >= 11 is 0. The Hall–Kier alpha value is -3.35. The van der Waals surface area contributed by atoms with Crippen molar-refractivity contribution in [2.45, 2.75) is 44.6 Å². The smallest absolute Gasteiger partial charge is 0.325 e. The van der Waals surface area contributed by atoms with E-state index in [0.717, 1.165) is 59.6 Å². The lowest BCUT2D eigenvalue weighted by molar-refractivity contribution is -0.134. The quantitative estimate of drug-likeness (QED) is 0.752. The fraction of sp³-hybridized carbons (Fsp3) is 0.400. The average molecular weight is 434 g/mol. The van der Waals surface area contributed by atoms with Crippen molar-refractivity contribution in [3.05, 3.63) is 58.7 Å². The van der Waals surface area contributed by atoms with Crippen LogP contribution in [0.25, 0.3) is 0 Å². The van der Waals surface area contributed by atoms with Crippen LogP contribution in [0, 0.1) is 0 Å². The van der Waals surface area contributed by atoms with Crippen molar-refractivity contribution >= 4 is 23.5 Å². The number of carbonyl (C=O) groups excluding carboxylic acids is 3. The van der Waals surface area contributed by atoms with E-state index in [-0.39, 0.29) is 18.4 Å². The zero-order valence-corrected chi connectivity index (χ0v) is 18.4. The summed E-state index contributed by atoms with van der Waals surface area (Å²) in [6.45, 7) is 2.00. The number of carbonyl (C=O) groups is 3. The van der Waals surface area contributed by atoms with Gasteiger partial charge in [0.15, 0.2) is 0 Å². The number of ether oxygens (including phenoxy) is 1. The van der Waals surface area contributed by atoms with Gasteiger partial charge in [-0.25, -0.2) is 4.79 Å². The minimum absolute atomic E-state index is 0.266. The highest BCUT2D eigenvalue weighted by atomic mass is 16.5. The average Bonchev–Trinajstić information content (AvgIpc) is 3.36. The molecule has 0 saturated carbocycles. The third kappa shape index (κ3) is 3.23. The first-order chi connectivity index (χ1) is 15.4. The number of urea groups is 1. The Labute approximate surface area is 187 Å². The second-order valence-corrected chi connectivity index (χ2v) is 8.93. The maximum absolute atomic E-state index is 13.3. The molecule has 0 bridgehead atoms. The molecule has 2 aromatic rings. The third-order valence-corrected chi connectivity index (χ3v) is 6.95. The zero-order valence-electron chi connectivity index (χ0n) is 18.4. The number of aryl methyl sites for hydroxylation is 3. The first-order valence-electron chi connectivity index (χ1n) is 11.1. The van der Waals surface area contributed by atoms with Gasteiger partial charge in [-0.3, -0.25) is 14.5 Å². The Morgan fingerprint density at radius 2 is 1.81 bits per heavy atom. The van der Waals surface area contributed by atoms with Crippen molar-refractivity contribution in [3.63, 3.8) is 0 Å². The van der Waals surface area contributed by atoms with E-state index in [1.807, 2.05) is 30.3 Å². The fourth-order valence-electron chi connectivity index (χ4n) is 5.10. The standard InChI is InChI=1S/C25H27N3O4/c1-25(19-9-8-16-5-3-6-17(16)13-19)23(30)28(24(31)26-25)15-22(29)27-12-4-7-18-14-20(32-2)10-11-21(18)27/h8-11,13-14H,3-7,12,15H2,1-2H3,(H,26,31). The molecule has 32 heavy (non-hydrogen) atoms. The van der Waals surface area contributed by atoms with Crippen LogP contribution in [0.2, 0.25) is 0 Å². The van der Waals surface area contributed by atoms with Crippen LogP contribution < -0.4 is 15.0 Å². The van der Waals surface area contributed by atoms with E-state index in [4.69, 9.17) is 4.74 Å². The molecular formula is C25H27N3O4. The van der Waals surface area contributed by atoms with Gasteiger partial charge in [0.25, 0.3) is 5.91 Å². The number of hydrogen-bond donors (Lipinski definition) is 1. The van der Waals surface area contributed by atoms with Gasteiger partial charge in [-0.05, 0) is 79.5 Å². The van der Waals surface area contributed by atoms with Crippen LogP contribution in [0.3, 0.4) is 0 Å². The van der Waals surface area contributed by atoms with Crippen molar-refractivity contribution in [1.29, 1.82) is 0 Å². The van der Waals surface area contributed by atoms with Crippen LogP contribution in [-0.4, -0.2) is 42.9 Å². The number of amides is 4. The van der Waals surface area contributed by atoms with Crippen LogP contribution in [0.15, 0.2) is 36.4 Å². The number of rotatable bonds is 4. The molecule has 2 aromatic carbocycles. The number of imide groups is 1. The van der Waals surface area contributed by atoms with Crippen molar-refractivity contribution in [2.75, 3.05) is 25.1 Å². The lowest BCUT2D eigenvalue weighted by atomic mass is 9.89. The summed E-state index contributed by atoms with van der Waals surface area (Å²) in [6, 6.07) is 11.1. The van der Waals surface area contributed by atoms with Gasteiger partial charge in [0.2, 0.25) is 5.91 Å². The van der Waals surface area contributed by atoms with Crippen molar-refractivity contribution in [2.24, 2.45) is 0 Å². The van der Waals surface area contributed by atoms with Crippen LogP contribution in [0.1, 0.15) is 42.0 Å². The van der Waals surface area contributed by atoms with Crippen LogP contribution in [-0.2, 0) is 34.4 Å². The van der Waals surface area contributed by atoms with Gasteiger partial charge in [-0.2, -0.15) is 0 Å². The molecule has 1 N–H and O–H groups in total. The second-order valence-electron chi connectivity index (χ2n) is 8.93. The SMILES string of the molecule is COc1ccc2c(c1)CCCN2C(=O)CN1C(=O)NC(C)(c2ccc3c(c2)CCC3)C1=O. The Bertz CT molecular complexity index is 1130. The number of benzene rings is 2. The molecule has 0 radical (unpaired) electrons. The highest BCUT2D eigenvalue weighted by Crippen LogP contribution is 2.34. The van der Waals surface area contributed by atoms with E-state index in [1.165, 1.54) is 11.1 Å². The third-order valence-electron chi connectivity index (χ3n) is 6.95. The maximum atomic E-state index is 13.3. The second kappa shape index (κ2) is 7.65. The molecule has 0 aromatic heterocycles. The molecule has 1 atom stereocenters. The molecule has 1 fully saturated rings. The Kier molecular flexibility index (Phi) is 4.92. The molecule has 1 saturated heterocycles. The molecule has 7 heteroatoms. The normalized spacial score (nSPS) is 21.9. The van der Waals surface area contributed by atoms with Crippen LogP contribution in [0.5, 0.6) is 5.75 Å². The molecule has 3 aliphatic rings. The highest BCUT2D eigenvalue weighted by molar-refractivity contribution is 6.10. The van der Waals surface area contributed by atoms with E-state index < -0.39 is 11.6 Å². The molecule has 2 aliphatic heterocycles. The van der Waals surface area contributed by atoms with Gasteiger partial charge in [0.05, 0.1) is 7.11 Å². The maximum Gasteiger partial charge on any atom is 0.325 e.